The molecule has 0 aliphatic rings. The Morgan fingerprint density at radius 3 is 1.38 bits per heavy atom. The Labute approximate surface area is 88.4 Å². The van der Waals surface area contributed by atoms with Crippen LogP contribution in [0, 0.1) is 20.2 Å². The van der Waals surface area contributed by atoms with Crippen molar-refractivity contribution in [2.75, 3.05) is 0 Å². The maximum absolute atomic E-state index is 9.77. The normalized spacial score (nSPS) is 9.00. The van der Waals surface area contributed by atoms with Gasteiger partial charge in [0.05, 0.1) is 24.7 Å². The van der Waals surface area contributed by atoms with Crippen LogP contribution in [-0.2, 0) is 0 Å². The number of nitrogens with zero attached hydrogens (tertiary/aromatic N) is 2. The topological polar surface area (TPSA) is 113 Å². The van der Waals surface area contributed by atoms with E-state index in [9.17, 15) is 20.2 Å². The van der Waals surface area contributed by atoms with Crippen molar-refractivity contribution >= 4 is 11.8 Å². The van der Waals surface area contributed by atoms with Gasteiger partial charge in [0.25, 0.3) is 0 Å². The zero-order valence-electron chi connectivity index (χ0n) is 7.81. The van der Waals surface area contributed by atoms with E-state index in [0.29, 0.717) is 0 Å². The van der Waals surface area contributed by atoms with Crippen molar-refractivity contribution in [2.24, 2.45) is 0 Å². The highest BCUT2D eigenvalue weighted by Crippen LogP contribution is 2.08. The summed E-state index contributed by atoms with van der Waals surface area (Å²) < 4.78 is 8.79. The molecule has 0 aliphatic carbocycles. The van der Waals surface area contributed by atoms with Crippen LogP contribution >= 0.6 is 0 Å². The molecule has 0 bridgehead atoms. The SMILES string of the molecule is O=[N+]([O-])c1ccco1.O=[N+]([O-])c1ccco1. The summed E-state index contributed by atoms with van der Waals surface area (Å²) in [7, 11) is 0. The highest BCUT2D eigenvalue weighted by Gasteiger charge is 2.05. The van der Waals surface area contributed by atoms with Crippen molar-refractivity contribution < 1.29 is 18.7 Å². The molecule has 2 aromatic rings. The molecule has 0 unspecified atom stereocenters. The Balaban J connectivity index is 0.000000160. The van der Waals surface area contributed by atoms with Crippen molar-refractivity contribution in [3.8, 4) is 0 Å². The first kappa shape index (κ1) is 11.4. The van der Waals surface area contributed by atoms with Crippen LogP contribution in [0.1, 0.15) is 0 Å². The van der Waals surface area contributed by atoms with Crippen molar-refractivity contribution in [3.63, 3.8) is 0 Å². The molecule has 84 valence electrons. The highest BCUT2D eigenvalue weighted by molar-refractivity contribution is 5.11. The predicted octanol–water partition coefficient (Wildman–Crippen LogP) is 2.38. The van der Waals surface area contributed by atoms with Gasteiger partial charge in [-0.1, -0.05) is 0 Å². The van der Waals surface area contributed by atoms with Crippen molar-refractivity contribution in [2.45, 2.75) is 0 Å². The molecule has 0 radical (unpaired) electrons. The smallest absolute Gasteiger partial charge is 0.409 e. The van der Waals surface area contributed by atoms with Gasteiger partial charge in [-0.15, -0.1) is 0 Å². The Kier molecular flexibility index (Phi) is 3.78. The summed E-state index contributed by atoms with van der Waals surface area (Å²) in [6.45, 7) is 0. The maximum Gasteiger partial charge on any atom is 0.432 e. The largest absolute Gasteiger partial charge is 0.432 e. The van der Waals surface area contributed by atoms with E-state index in [4.69, 9.17) is 0 Å². The molecule has 0 atom stereocenters. The molecule has 8 nitrogen and oxygen atoms in total. The average Bonchev–Trinajstić information content (AvgIpc) is 2.93. The Hall–Kier alpha value is -2.64. The molecular weight excluding hydrogens is 220 g/mol. The third-order valence-corrected chi connectivity index (χ3v) is 1.37. The van der Waals surface area contributed by atoms with E-state index in [2.05, 4.69) is 8.83 Å². The van der Waals surface area contributed by atoms with Crippen LogP contribution in [-0.4, -0.2) is 9.85 Å². The van der Waals surface area contributed by atoms with Crippen LogP contribution in [0.2, 0.25) is 0 Å². The zero-order chi connectivity index (χ0) is 12.0. The summed E-state index contributed by atoms with van der Waals surface area (Å²) in [5, 5.41) is 19.5. The van der Waals surface area contributed by atoms with Gasteiger partial charge in [0.15, 0.2) is 0 Å². The summed E-state index contributed by atoms with van der Waals surface area (Å²) in [5.41, 5.74) is 0. The molecule has 2 aromatic heterocycles. The van der Waals surface area contributed by atoms with E-state index < -0.39 is 9.85 Å². The number of furan rings is 2. The molecular formula is C8H6N2O6. The number of hydrogen-bond acceptors (Lipinski definition) is 6. The molecule has 2 heterocycles. The minimum absolute atomic E-state index is 0.218. The fourth-order valence-electron chi connectivity index (χ4n) is 0.748. The van der Waals surface area contributed by atoms with Gasteiger partial charge in [-0.25, -0.2) is 0 Å². The summed E-state index contributed by atoms with van der Waals surface area (Å²) >= 11 is 0. The lowest BCUT2D eigenvalue weighted by atomic mass is 10.6. The first-order valence-corrected chi connectivity index (χ1v) is 3.97. The Morgan fingerprint density at radius 1 is 0.875 bits per heavy atom. The van der Waals surface area contributed by atoms with Gasteiger partial charge in [0.1, 0.15) is 9.85 Å². The standard InChI is InChI=1S/2C4H3NO3/c2*6-5(7)4-2-1-3-8-4/h2*1-3H. The third-order valence-electron chi connectivity index (χ3n) is 1.37. The van der Waals surface area contributed by atoms with Crippen molar-refractivity contribution in [1.82, 2.24) is 0 Å². The van der Waals surface area contributed by atoms with E-state index in [0.717, 1.165) is 0 Å². The van der Waals surface area contributed by atoms with Gasteiger partial charge in [-0.3, -0.25) is 20.2 Å². The fraction of sp³-hybridized carbons (Fsp3) is 0. The lowest BCUT2D eigenvalue weighted by Gasteiger charge is -1.76. The van der Waals surface area contributed by atoms with Crippen LogP contribution in [0.5, 0.6) is 0 Å². The summed E-state index contributed by atoms with van der Waals surface area (Å²) in [4.78, 5) is 18.4. The molecule has 2 rings (SSSR count). The number of hydrogen-bond donors (Lipinski definition) is 0. The lowest BCUT2D eigenvalue weighted by molar-refractivity contribution is -0.402. The van der Waals surface area contributed by atoms with Gasteiger partial charge in [0, 0.05) is 0 Å². The maximum atomic E-state index is 9.77. The first-order valence-electron chi connectivity index (χ1n) is 3.97. The van der Waals surface area contributed by atoms with Crippen LogP contribution in [0.4, 0.5) is 11.8 Å². The van der Waals surface area contributed by atoms with Crippen LogP contribution in [0.25, 0.3) is 0 Å². The first-order chi connectivity index (χ1) is 7.61. The third kappa shape index (κ3) is 3.25. The summed E-state index contributed by atoms with van der Waals surface area (Å²) in [5.74, 6) is -0.435. The number of rotatable bonds is 2. The molecule has 16 heavy (non-hydrogen) atoms. The van der Waals surface area contributed by atoms with Crippen molar-refractivity contribution in [1.29, 1.82) is 0 Å². The second-order valence-electron chi connectivity index (χ2n) is 2.42. The second-order valence-corrected chi connectivity index (χ2v) is 2.42. The molecule has 0 spiro atoms. The zero-order valence-corrected chi connectivity index (χ0v) is 7.81. The summed E-state index contributed by atoms with van der Waals surface area (Å²) in [6, 6.07) is 5.52. The van der Waals surface area contributed by atoms with Gasteiger partial charge in [-0.05, 0) is 12.1 Å². The predicted molar refractivity (Wildman–Crippen MR) is 50.7 cm³/mol. The highest BCUT2D eigenvalue weighted by atomic mass is 16.7. The molecule has 0 saturated carbocycles. The van der Waals surface area contributed by atoms with Crippen molar-refractivity contribution in [3.05, 3.63) is 57.0 Å². The monoisotopic (exact) mass is 226 g/mol. The van der Waals surface area contributed by atoms with Gasteiger partial charge >= 0.3 is 11.8 Å². The molecule has 0 N–H and O–H groups in total. The fourth-order valence-corrected chi connectivity index (χ4v) is 0.748. The summed E-state index contributed by atoms with van der Waals surface area (Å²) in [6.07, 6.45) is 2.52. The van der Waals surface area contributed by atoms with E-state index >= 15 is 0 Å². The van der Waals surface area contributed by atoms with E-state index in [1.54, 1.807) is 0 Å². The second kappa shape index (κ2) is 5.29. The lowest BCUT2D eigenvalue weighted by Crippen LogP contribution is -1.81. The Morgan fingerprint density at radius 2 is 1.25 bits per heavy atom. The molecule has 0 fully saturated rings. The molecule has 0 aromatic carbocycles. The van der Waals surface area contributed by atoms with Crippen LogP contribution in [0.3, 0.4) is 0 Å². The molecule has 0 aliphatic heterocycles. The van der Waals surface area contributed by atoms with Crippen LogP contribution < -0.4 is 0 Å². The van der Waals surface area contributed by atoms with E-state index in [1.165, 1.54) is 36.8 Å². The van der Waals surface area contributed by atoms with Gasteiger partial charge in [0.2, 0.25) is 0 Å². The van der Waals surface area contributed by atoms with Gasteiger partial charge < -0.3 is 8.83 Å². The average molecular weight is 226 g/mol. The minimum Gasteiger partial charge on any atom is -0.409 e. The van der Waals surface area contributed by atoms with E-state index in [-0.39, 0.29) is 11.8 Å². The molecule has 0 amide bonds. The minimum atomic E-state index is -0.583. The quantitative estimate of drug-likeness (QED) is 0.573. The van der Waals surface area contributed by atoms with E-state index in [1.807, 2.05) is 0 Å². The molecule has 0 saturated heterocycles. The van der Waals surface area contributed by atoms with Gasteiger partial charge in [-0.2, -0.15) is 0 Å². The molecule has 8 heteroatoms. The Bertz CT molecular complexity index is 403. The van der Waals surface area contributed by atoms with Crippen LogP contribution in [0.15, 0.2) is 45.6 Å². The number of nitro groups is 2.